The number of para-hydroxylation sites is 1. The van der Waals surface area contributed by atoms with Gasteiger partial charge in [0.05, 0.1) is 0 Å². The number of amides is 2. The highest BCUT2D eigenvalue weighted by atomic mass is 16.4. The van der Waals surface area contributed by atoms with Gasteiger partial charge in [0, 0.05) is 18.7 Å². The summed E-state index contributed by atoms with van der Waals surface area (Å²) in [6.45, 7) is 2.73. The van der Waals surface area contributed by atoms with Crippen LogP contribution in [0.1, 0.15) is 25.3 Å². The molecular weight excluding hydrogens is 256 g/mol. The van der Waals surface area contributed by atoms with E-state index in [-0.39, 0.29) is 11.4 Å². The number of urea groups is 1. The van der Waals surface area contributed by atoms with E-state index in [9.17, 15) is 14.7 Å². The number of anilines is 1. The van der Waals surface area contributed by atoms with Gasteiger partial charge < -0.3 is 10.4 Å². The number of fused-ring (bicyclic) bond motifs is 1. The molecule has 1 atom stereocenters. The number of carboxylic acid groups (broad SMARTS) is 1. The van der Waals surface area contributed by atoms with Crippen molar-refractivity contribution in [2.45, 2.75) is 32.2 Å². The van der Waals surface area contributed by atoms with Crippen LogP contribution in [0.3, 0.4) is 0 Å². The molecule has 0 saturated heterocycles. The summed E-state index contributed by atoms with van der Waals surface area (Å²) in [5.41, 5.74) is 1.82. The second-order valence-electron chi connectivity index (χ2n) is 6.03. The summed E-state index contributed by atoms with van der Waals surface area (Å²) in [7, 11) is 0. The lowest BCUT2D eigenvalue weighted by molar-refractivity contribution is -0.138. The van der Waals surface area contributed by atoms with Gasteiger partial charge in [-0.15, -0.1) is 0 Å². The van der Waals surface area contributed by atoms with E-state index in [2.05, 4.69) is 12.2 Å². The number of carbonyl (C=O) groups is 2. The molecular formula is C15H18N2O3. The molecule has 3 rings (SSSR count). The lowest BCUT2D eigenvalue weighted by Crippen LogP contribution is -2.49. The fourth-order valence-corrected chi connectivity index (χ4v) is 2.60. The molecule has 2 N–H and O–H groups in total. The number of benzene rings is 1. The van der Waals surface area contributed by atoms with Gasteiger partial charge >= 0.3 is 12.0 Å². The molecule has 5 heteroatoms. The average molecular weight is 274 g/mol. The molecule has 0 unspecified atom stereocenters. The van der Waals surface area contributed by atoms with Crippen LogP contribution in [0.25, 0.3) is 0 Å². The van der Waals surface area contributed by atoms with Crippen molar-refractivity contribution in [1.82, 2.24) is 5.32 Å². The molecule has 1 fully saturated rings. The molecule has 1 saturated carbocycles. The quantitative estimate of drug-likeness (QED) is 0.885. The molecule has 1 aromatic rings. The number of aliphatic carboxylic acids is 1. The molecule has 106 valence electrons. The van der Waals surface area contributed by atoms with Gasteiger partial charge in [-0.05, 0) is 29.9 Å². The molecule has 2 amide bonds. The van der Waals surface area contributed by atoms with E-state index < -0.39 is 12.0 Å². The molecule has 0 aromatic heterocycles. The minimum Gasteiger partial charge on any atom is -0.480 e. The van der Waals surface area contributed by atoms with E-state index in [0.29, 0.717) is 18.7 Å². The molecule has 20 heavy (non-hydrogen) atoms. The zero-order valence-electron chi connectivity index (χ0n) is 11.4. The normalized spacial score (nSPS) is 22.2. The van der Waals surface area contributed by atoms with Crippen molar-refractivity contribution < 1.29 is 14.7 Å². The Labute approximate surface area is 117 Å². The Kier molecular flexibility index (Phi) is 2.92. The molecule has 1 aromatic carbocycles. The summed E-state index contributed by atoms with van der Waals surface area (Å²) < 4.78 is 0. The Morgan fingerprint density at radius 1 is 1.40 bits per heavy atom. The monoisotopic (exact) mass is 274 g/mol. The van der Waals surface area contributed by atoms with Gasteiger partial charge in [0.25, 0.3) is 0 Å². The van der Waals surface area contributed by atoms with Crippen LogP contribution in [0.5, 0.6) is 0 Å². The zero-order chi connectivity index (χ0) is 14.3. The Bertz CT molecular complexity index is 566. The van der Waals surface area contributed by atoms with Gasteiger partial charge in [0.1, 0.15) is 6.04 Å². The van der Waals surface area contributed by atoms with Crippen molar-refractivity contribution in [1.29, 1.82) is 0 Å². The minimum atomic E-state index is -0.964. The van der Waals surface area contributed by atoms with Crippen LogP contribution in [-0.4, -0.2) is 29.7 Å². The number of carboxylic acids is 1. The van der Waals surface area contributed by atoms with Crippen molar-refractivity contribution in [3.63, 3.8) is 0 Å². The summed E-state index contributed by atoms with van der Waals surface area (Å²) in [5, 5.41) is 12.2. The SMILES string of the molecule is CC1(CNC(=O)N2c3ccccc3C[C@H]2C(=O)O)CC1. The van der Waals surface area contributed by atoms with E-state index in [4.69, 9.17) is 0 Å². The number of nitrogens with zero attached hydrogens (tertiary/aromatic N) is 1. The van der Waals surface area contributed by atoms with E-state index in [1.54, 1.807) is 6.07 Å². The first kappa shape index (κ1) is 13.0. The van der Waals surface area contributed by atoms with E-state index in [1.807, 2.05) is 18.2 Å². The van der Waals surface area contributed by atoms with Gasteiger partial charge in [0.15, 0.2) is 0 Å². The Morgan fingerprint density at radius 3 is 2.75 bits per heavy atom. The average Bonchev–Trinajstić information content (AvgIpc) is 3.03. The molecule has 2 aliphatic rings. The maximum Gasteiger partial charge on any atom is 0.327 e. The third kappa shape index (κ3) is 2.24. The van der Waals surface area contributed by atoms with Gasteiger partial charge in [0.2, 0.25) is 0 Å². The van der Waals surface area contributed by atoms with Crippen molar-refractivity contribution in [3.8, 4) is 0 Å². The van der Waals surface area contributed by atoms with E-state index in [1.165, 1.54) is 4.90 Å². The second-order valence-corrected chi connectivity index (χ2v) is 6.03. The van der Waals surface area contributed by atoms with Crippen LogP contribution in [-0.2, 0) is 11.2 Å². The third-order valence-electron chi connectivity index (χ3n) is 4.25. The topological polar surface area (TPSA) is 69.6 Å². The summed E-state index contributed by atoms with van der Waals surface area (Å²) in [6, 6.07) is 6.25. The Balaban J connectivity index is 1.80. The van der Waals surface area contributed by atoms with Crippen LogP contribution in [0.4, 0.5) is 10.5 Å². The number of nitrogens with one attached hydrogen (secondary N) is 1. The predicted molar refractivity (Wildman–Crippen MR) is 74.8 cm³/mol. The van der Waals surface area contributed by atoms with Crippen molar-refractivity contribution in [3.05, 3.63) is 29.8 Å². The van der Waals surface area contributed by atoms with Crippen LogP contribution < -0.4 is 10.2 Å². The number of carbonyl (C=O) groups excluding carboxylic acids is 1. The highest BCUT2D eigenvalue weighted by Gasteiger charge is 2.41. The van der Waals surface area contributed by atoms with Gasteiger partial charge in [-0.2, -0.15) is 0 Å². The predicted octanol–water partition coefficient (Wildman–Crippen LogP) is 2.01. The first-order valence-corrected chi connectivity index (χ1v) is 6.88. The smallest absolute Gasteiger partial charge is 0.327 e. The number of rotatable bonds is 3. The highest BCUT2D eigenvalue weighted by Crippen LogP contribution is 2.44. The first-order valence-electron chi connectivity index (χ1n) is 6.88. The maximum absolute atomic E-state index is 12.3. The fourth-order valence-electron chi connectivity index (χ4n) is 2.60. The zero-order valence-corrected chi connectivity index (χ0v) is 11.4. The standard InChI is InChI=1S/C15H18N2O3/c1-15(6-7-15)9-16-14(20)17-11-5-3-2-4-10(11)8-12(17)13(18)19/h2-5,12H,6-9H2,1H3,(H,16,20)(H,18,19)/t12-/m0/s1. The number of hydrogen-bond acceptors (Lipinski definition) is 2. The molecule has 1 aliphatic carbocycles. The highest BCUT2D eigenvalue weighted by molar-refractivity contribution is 6.01. The summed E-state index contributed by atoms with van der Waals surface area (Å²) >= 11 is 0. The molecule has 1 heterocycles. The summed E-state index contributed by atoms with van der Waals surface area (Å²) in [6.07, 6.45) is 2.61. The summed E-state index contributed by atoms with van der Waals surface area (Å²) in [5.74, 6) is -0.964. The Hall–Kier alpha value is -2.04. The third-order valence-corrected chi connectivity index (χ3v) is 4.25. The molecule has 0 spiro atoms. The van der Waals surface area contributed by atoms with Gasteiger partial charge in [-0.25, -0.2) is 9.59 Å². The molecule has 0 bridgehead atoms. The van der Waals surface area contributed by atoms with Crippen molar-refractivity contribution in [2.24, 2.45) is 5.41 Å². The maximum atomic E-state index is 12.3. The van der Waals surface area contributed by atoms with Crippen LogP contribution in [0, 0.1) is 5.41 Å². The molecule has 0 radical (unpaired) electrons. The minimum absolute atomic E-state index is 0.202. The van der Waals surface area contributed by atoms with Gasteiger partial charge in [-0.3, -0.25) is 4.90 Å². The lowest BCUT2D eigenvalue weighted by Gasteiger charge is -2.24. The van der Waals surface area contributed by atoms with E-state index >= 15 is 0 Å². The van der Waals surface area contributed by atoms with E-state index in [0.717, 1.165) is 18.4 Å². The lowest BCUT2D eigenvalue weighted by atomic mass is 10.1. The van der Waals surface area contributed by atoms with Crippen LogP contribution in [0.15, 0.2) is 24.3 Å². The Morgan fingerprint density at radius 2 is 2.10 bits per heavy atom. The van der Waals surface area contributed by atoms with Crippen molar-refractivity contribution >= 4 is 17.7 Å². The number of hydrogen-bond donors (Lipinski definition) is 2. The first-order chi connectivity index (χ1) is 9.50. The van der Waals surface area contributed by atoms with Crippen LogP contribution >= 0.6 is 0 Å². The largest absolute Gasteiger partial charge is 0.480 e. The summed E-state index contributed by atoms with van der Waals surface area (Å²) in [4.78, 5) is 25.1. The van der Waals surface area contributed by atoms with Gasteiger partial charge in [-0.1, -0.05) is 25.1 Å². The molecule has 1 aliphatic heterocycles. The second kappa shape index (κ2) is 4.51. The van der Waals surface area contributed by atoms with Crippen molar-refractivity contribution in [2.75, 3.05) is 11.4 Å². The molecule has 5 nitrogen and oxygen atoms in total. The fraction of sp³-hybridized carbons (Fsp3) is 0.467. The van der Waals surface area contributed by atoms with Crippen LogP contribution in [0.2, 0.25) is 0 Å².